The van der Waals surface area contributed by atoms with Crippen molar-refractivity contribution in [1.82, 2.24) is 9.97 Å². The lowest BCUT2D eigenvalue weighted by Gasteiger charge is -2.28. The largest absolute Gasteiger partial charge is 0.370 e. The van der Waals surface area contributed by atoms with Gasteiger partial charge < -0.3 is 10.1 Å². The SMILES string of the molecule is Fc1cnc(Cl)nc1N[C@H]1CCC[C@]2(CO2)C1. The van der Waals surface area contributed by atoms with E-state index in [0.29, 0.717) is 0 Å². The Morgan fingerprint density at radius 1 is 1.59 bits per heavy atom. The molecule has 6 heteroatoms. The summed E-state index contributed by atoms with van der Waals surface area (Å²) >= 11 is 5.65. The molecule has 3 rings (SSSR count). The standard InChI is InChI=1S/C11H13ClFN3O/c12-10-14-5-8(13)9(16-10)15-7-2-1-3-11(4-7)6-17-11/h5,7H,1-4,6H2,(H,14,15,16)/t7-,11+/m0/s1. The monoisotopic (exact) mass is 257 g/mol. The van der Waals surface area contributed by atoms with Gasteiger partial charge in [-0.25, -0.2) is 9.37 Å². The number of aromatic nitrogens is 2. The number of ether oxygens (including phenoxy) is 1. The zero-order valence-electron chi connectivity index (χ0n) is 9.25. The van der Waals surface area contributed by atoms with Crippen molar-refractivity contribution in [2.75, 3.05) is 11.9 Å². The van der Waals surface area contributed by atoms with E-state index < -0.39 is 5.82 Å². The number of halogens is 2. The van der Waals surface area contributed by atoms with Crippen LogP contribution in [0.1, 0.15) is 25.7 Å². The summed E-state index contributed by atoms with van der Waals surface area (Å²) in [5, 5.41) is 3.15. The highest BCUT2D eigenvalue weighted by molar-refractivity contribution is 6.28. The molecular weight excluding hydrogens is 245 g/mol. The van der Waals surface area contributed by atoms with Gasteiger partial charge in [0.25, 0.3) is 0 Å². The maximum atomic E-state index is 13.5. The molecule has 2 atom stereocenters. The first kappa shape index (κ1) is 11.2. The third kappa shape index (κ3) is 2.35. The van der Waals surface area contributed by atoms with Gasteiger partial charge in [0.1, 0.15) is 0 Å². The van der Waals surface area contributed by atoms with Gasteiger partial charge in [0.2, 0.25) is 5.28 Å². The summed E-state index contributed by atoms with van der Waals surface area (Å²) in [6.07, 6.45) is 5.21. The molecule has 2 aliphatic rings. The van der Waals surface area contributed by atoms with E-state index in [2.05, 4.69) is 15.3 Å². The molecule has 1 aromatic heterocycles. The molecule has 0 amide bonds. The molecule has 2 fully saturated rings. The highest BCUT2D eigenvalue weighted by atomic mass is 35.5. The fraction of sp³-hybridized carbons (Fsp3) is 0.636. The number of nitrogens with zero attached hydrogens (tertiary/aromatic N) is 2. The summed E-state index contributed by atoms with van der Waals surface area (Å²) in [5.41, 5.74) is 0.0587. The zero-order chi connectivity index (χ0) is 11.9. The Morgan fingerprint density at radius 2 is 2.41 bits per heavy atom. The van der Waals surface area contributed by atoms with E-state index in [4.69, 9.17) is 16.3 Å². The lowest BCUT2D eigenvalue weighted by atomic mass is 9.86. The van der Waals surface area contributed by atoms with E-state index in [1.54, 1.807) is 0 Å². The van der Waals surface area contributed by atoms with Gasteiger partial charge in [-0.1, -0.05) is 0 Å². The number of rotatable bonds is 2. The van der Waals surface area contributed by atoms with Crippen LogP contribution in [0.4, 0.5) is 10.2 Å². The fourth-order valence-electron chi connectivity index (χ4n) is 2.45. The lowest BCUT2D eigenvalue weighted by molar-refractivity contribution is 0.226. The van der Waals surface area contributed by atoms with E-state index >= 15 is 0 Å². The van der Waals surface area contributed by atoms with Crippen LogP contribution in [0.5, 0.6) is 0 Å². The van der Waals surface area contributed by atoms with Crippen LogP contribution in [0.3, 0.4) is 0 Å². The second-order valence-electron chi connectivity index (χ2n) is 4.74. The van der Waals surface area contributed by atoms with Crippen molar-refractivity contribution >= 4 is 17.4 Å². The van der Waals surface area contributed by atoms with Crippen LogP contribution < -0.4 is 5.32 Å². The average Bonchev–Trinajstić information content (AvgIpc) is 3.03. The maximum absolute atomic E-state index is 13.5. The van der Waals surface area contributed by atoms with Crippen LogP contribution >= 0.6 is 11.6 Å². The molecule has 0 unspecified atom stereocenters. The van der Waals surface area contributed by atoms with Gasteiger partial charge in [0.15, 0.2) is 11.6 Å². The molecule has 1 aliphatic heterocycles. The van der Waals surface area contributed by atoms with Crippen LogP contribution in [-0.4, -0.2) is 28.2 Å². The molecule has 1 aromatic rings. The van der Waals surface area contributed by atoms with Gasteiger partial charge in [0, 0.05) is 6.04 Å². The first-order valence-corrected chi connectivity index (χ1v) is 6.13. The van der Waals surface area contributed by atoms with Crippen LogP contribution in [0.15, 0.2) is 6.20 Å². The van der Waals surface area contributed by atoms with Crippen molar-refractivity contribution in [2.45, 2.75) is 37.3 Å². The molecular formula is C11H13ClFN3O. The summed E-state index contributed by atoms with van der Waals surface area (Å²) in [7, 11) is 0. The summed E-state index contributed by atoms with van der Waals surface area (Å²) in [6, 6.07) is 0.201. The van der Waals surface area contributed by atoms with Gasteiger partial charge >= 0.3 is 0 Å². The van der Waals surface area contributed by atoms with Crippen molar-refractivity contribution in [3.63, 3.8) is 0 Å². The Labute approximate surface area is 104 Å². The minimum Gasteiger partial charge on any atom is -0.370 e. The van der Waals surface area contributed by atoms with E-state index in [1.807, 2.05) is 0 Å². The molecule has 2 heterocycles. The molecule has 1 saturated carbocycles. The molecule has 1 saturated heterocycles. The summed E-state index contributed by atoms with van der Waals surface area (Å²) < 4.78 is 18.9. The fourth-order valence-corrected chi connectivity index (χ4v) is 2.58. The Hall–Kier alpha value is -0.940. The van der Waals surface area contributed by atoms with Crippen molar-refractivity contribution < 1.29 is 9.13 Å². The third-order valence-electron chi connectivity index (χ3n) is 3.41. The number of hydrogen-bond donors (Lipinski definition) is 1. The number of nitrogens with one attached hydrogen (secondary N) is 1. The van der Waals surface area contributed by atoms with E-state index in [0.717, 1.165) is 38.5 Å². The highest BCUT2D eigenvalue weighted by Crippen LogP contribution is 2.42. The minimum atomic E-state index is -0.467. The Balaban J connectivity index is 1.71. The minimum absolute atomic E-state index is 0.0575. The zero-order valence-corrected chi connectivity index (χ0v) is 10.0. The van der Waals surface area contributed by atoms with Crippen molar-refractivity contribution in [2.24, 2.45) is 0 Å². The quantitative estimate of drug-likeness (QED) is 0.653. The van der Waals surface area contributed by atoms with Gasteiger partial charge in [-0.3, -0.25) is 0 Å². The summed E-state index contributed by atoms with van der Waals surface area (Å²) in [4.78, 5) is 7.45. The number of epoxide rings is 1. The van der Waals surface area contributed by atoms with Crippen molar-refractivity contribution in [1.29, 1.82) is 0 Å². The molecule has 4 nitrogen and oxygen atoms in total. The van der Waals surface area contributed by atoms with Crippen LogP contribution in [0.2, 0.25) is 5.28 Å². The Bertz CT molecular complexity index is 439. The molecule has 1 N–H and O–H groups in total. The molecule has 17 heavy (non-hydrogen) atoms. The van der Waals surface area contributed by atoms with Gasteiger partial charge in [-0.2, -0.15) is 4.98 Å². The van der Waals surface area contributed by atoms with Crippen molar-refractivity contribution in [3.8, 4) is 0 Å². The first-order chi connectivity index (χ1) is 8.17. The van der Waals surface area contributed by atoms with Crippen molar-refractivity contribution in [3.05, 3.63) is 17.3 Å². The van der Waals surface area contributed by atoms with E-state index in [1.165, 1.54) is 0 Å². The maximum Gasteiger partial charge on any atom is 0.224 e. The lowest BCUT2D eigenvalue weighted by Crippen LogP contribution is -2.32. The molecule has 1 spiro atoms. The highest BCUT2D eigenvalue weighted by Gasteiger charge is 2.48. The summed E-state index contributed by atoms with van der Waals surface area (Å²) in [5.74, 6) is -0.279. The second kappa shape index (κ2) is 4.07. The predicted octanol–water partition coefficient (Wildman–Crippen LogP) is 2.39. The van der Waals surface area contributed by atoms with Gasteiger partial charge in [-0.15, -0.1) is 0 Å². The molecule has 0 bridgehead atoms. The molecule has 0 aromatic carbocycles. The van der Waals surface area contributed by atoms with Gasteiger partial charge in [-0.05, 0) is 37.3 Å². The first-order valence-electron chi connectivity index (χ1n) is 5.75. The van der Waals surface area contributed by atoms with Gasteiger partial charge in [0.05, 0.1) is 18.4 Å². The second-order valence-corrected chi connectivity index (χ2v) is 5.08. The smallest absolute Gasteiger partial charge is 0.224 e. The summed E-state index contributed by atoms with van der Waals surface area (Å²) in [6.45, 7) is 0.832. The van der Waals surface area contributed by atoms with E-state index in [-0.39, 0.29) is 22.7 Å². The van der Waals surface area contributed by atoms with Crippen LogP contribution in [0, 0.1) is 5.82 Å². The number of anilines is 1. The molecule has 0 radical (unpaired) electrons. The third-order valence-corrected chi connectivity index (χ3v) is 3.59. The van der Waals surface area contributed by atoms with Crippen LogP contribution in [-0.2, 0) is 4.74 Å². The predicted molar refractivity (Wildman–Crippen MR) is 61.6 cm³/mol. The average molecular weight is 258 g/mol. The number of hydrogen-bond acceptors (Lipinski definition) is 4. The Kier molecular flexibility index (Phi) is 2.67. The Morgan fingerprint density at radius 3 is 3.18 bits per heavy atom. The molecule has 92 valence electrons. The van der Waals surface area contributed by atoms with Crippen LogP contribution in [0.25, 0.3) is 0 Å². The van der Waals surface area contributed by atoms with E-state index in [9.17, 15) is 4.39 Å². The normalized spacial score (nSPS) is 31.5. The topological polar surface area (TPSA) is 50.3 Å². The molecule has 1 aliphatic carbocycles.